The SMILES string of the molecule is CCCn1nnc2c(C(=O)O)cccc21. The molecule has 1 N–H and O–H groups in total. The molecule has 5 nitrogen and oxygen atoms in total. The van der Waals surface area contributed by atoms with Crippen LogP contribution >= 0.6 is 0 Å². The average molecular weight is 205 g/mol. The van der Waals surface area contributed by atoms with Gasteiger partial charge in [0.1, 0.15) is 5.52 Å². The lowest BCUT2D eigenvalue weighted by Gasteiger charge is -1.99. The molecule has 1 aromatic heterocycles. The predicted octanol–water partition coefficient (Wildman–Crippen LogP) is 1.54. The number of aryl methyl sites for hydroxylation is 1. The Morgan fingerprint density at radius 3 is 3.00 bits per heavy atom. The van der Waals surface area contributed by atoms with Crippen LogP contribution in [0, 0.1) is 0 Å². The lowest BCUT2D eigenvalue weighted by Crippen LogP contribution is -1.99. The molecule has 0 aliphatic rings. The van der Waals surface area contributed by atoms with Crippen molar-refractivity contribution in [2.75, 3.05) is 0 Å². The van der Waals surface area contributed by atoms with Gasteiger partial charge in [0.25, 0.3) is 0 Å². The summed E-state index contributed by atoms with van der Waals surface area (Å²) in [6.07, 6.45) is 0.940. The molecule has 5 heteroatoms. The molecule has 0 fully saturated rings. The number of nitrogens with zero attached hydrogens (tertiary/aromatic N) is 3. The zero-order chi connectivity index (χ0) is 10.8. The molecular weight excluding hydrogens is 194 g/mol. The minimum atomic E-state index is -0.968. The van der Waals surface area contributed by atoms with E-state index in [-0.39, 0.29) is 5.56 Å². The molecule has 0 atom stereocenters. The molecule has 78 valence electrons. The first-order chi connectivity index (χ1) is 7.24. The van der Waals surface area contributed by atoms with E-state index in [1.54, 1.807) is 10.7 Å². The van der Waals surface area contributed by atoms with Crippen LogP contribution in [-0.2, 0) is 6.54 Å². The second-order valence-electron chi connectivity index (χ2n) is 3.29. The van der Waals surface area contributed by atoms with E-state index in [4.69, 9.17) is 5.11 Å². The number of carboxylic acid groups (broad SMARTS) is 1. The minimum Gasteiger partial charge on any atom is -0.478 e. The summed E-state index contributed by atoms with van der Waals surface area (Å²) in [5, 5.41) is 16.8. The predicted molar refractivity (Wildman–Crippen MR) is 54.8 cm³/mol. The van der Waals surface area contributed by atoms with Gasteiger partial charge in [-0.15, -0.1) is 5.10 Å². The zero-order valence-corrected chi connectivity index (χ0v) is 8.34. The second-order valence-corrected chi connectivity index (χ2v) is 3.29. The summed E-state index contributed by atoms with van der Waals surface area (Å²) in [7, 11) is 0. The molecule has 0 amide bonds. The molecule has 0 aliphatic heterocycles. The molecule has 15 heavy (non-hydrogen) atoms. The Bertz CT molecular complexity index is 504. The molecule has 0 unspecified atom stereocenters. The van der Waals surface area contributed by atoms with E-state index in [0.29, 0.717) is 5.52 Å². The van der Waals surface area contributed by atoms with Gasteiger partial charge in [0.2, 0.25) is 0 Å². The fraction of sp³-hybridized carbons (Fsp3) is 0.300. The van der Waals surface area contributed by atoms with Crippen LogP contribution in [0.2, 0.25) is 0 Å². The second kappa shape index (κ2) is 3.68. The van der Waals surface area contributed by atoms with Crippen molar-refractivity contribution in [1.29, 1.82) is 0 Å². The molecule has 0 saturated carbocycles. The molecule has 1 aromatic carbocycles. The number of hydrogen-bond donors (Lipinski definition) is 1. The van der Waals surface area contributed by atoms with E-state index in [2.05, 4.69) is 10.3 Å². The Kier molecular flexibility index (Phi) is 2.37. The minimum absolute atomic E-state index is 0.204. The molecular formula is C10H11N3O2. The van der Waals surface area contributed by atoms with E-state index < -0.39 is 5.97 Å². The van der Waals surface area contributed by atoms with Crippen LogP contribution in [-0.4, -0.2) is 26.1 Å². The average Bonchev–Trinajstić information content (AvgIpc) is 2.62. The molecule has 1 heterocycles. The summed E-state index contributed by atoms with van der Waals surface area (Å²) in [4.78, 5) is 10.9. The molecule has 0 aliphatic carbocycles. The maximum Gasteiger partial charge on any atom is 0.338 e. The maximum atomic E-state index is 10.9. The van der Waals surface area contributed by atoms with Crippen molar-refractivity contribution in [2.45, 2.75) is 19.9 Å². The van der Waals surface area contributed by atoms with Gasteiger partial charge in [-0.1, -0.05) is 18.2 Å². The van der Waals surface area contributed by atoms with Gasteiger partial charge >= 0.3 is 5.97 Å². The van der Waals surface area contributed by atoms with Gasteiger partial charge < -0.3 is 5.11 Å². The number of benzene rings is 1. The van der Waals surface area contributed by atoms with Gasteiger partial charge in [-0.2, -0.15) is 0 Å². The summed E-state index contributed by atoms with van der Waals surface area (Å²) < 4.78 is 1.72. The summed E-state index contributed by atoms with van der Waals surface area (Å²) in [5.74, 6) is -0.968. The van der Waals surface area contributed by atoms with Crippen LogP contribution in [0.1, 0.15) is 23.7 Å². The van der Waals surface area contributed by atoms with Crippen LogP contribution in [0.3, 0.4) is 0 Å². The summed E-state index contributed by atoms with van der Waals surface area (Å²) in [6, 6.07) is 5.08. The molecule has 2 aromatic rings. The van der Waals surface area contributed by atoms with Gasteiger partial charge in [-0.05, 0) is 18.6 Å². The number of fused-ring (bicyclic) bond motifs is 1. The normalized spacial score (nSPS) is 10.7. The number of aromatic carboxylic acids is 1. The van der Waals surface area contributed by atoms with E-state index in [1.807, 2.05) is 13.0 Å². The molecule has 0 spiro atoms. The van der Waals surface area contributed by atoms with E-state index in [9.17, 15) is 4.79 Å². The fourth-order valence-corrected chi connectivity index (χ4v) is 1.54. The standard InChI is InChI=1S/C10H11N3O2/c1-2-6-13-8-5-3-4-7(10(14)15)9(8)11-12-13/h3-5H,2,6H2,1H3,(H,14,15). The molecule has 0 bridgehead atoms. The first kappa shape index (κ1) is 9.64. The highest BCUT2D eigenvalue weighted by atomic mass is 16.4. The summed E-state index contributed by atoms with van der Waals surface area (Å²) in [5.41, 5.74) is 1.44. The van der Waals surface area contributed by atoms with Crippen molar-refractivity contribution in [2.24, 2.45) is 0 Å². The van der Waals surface area contributed by atoms with Crippen molar-refractivity contribution in [3.63, 3.8) is 0 Å². The highest BCUT2D eigenvalue weighted by molar-refractivity contribution is 6.00. The molecule has 2 rings (SSSR count). The van der Waals surface area contributed by atoms with E-state index in [1.165, 1.54) is 6.07 Å². The van der Waals surface area contributed by atoms with Crippen molar-refractivity contribution in [3.05, 3.63) is 23.8 Å². The smallest absolute Gasteiger partial charge is 0.338 e. The third-order valence-corrected chi connectivity index (χ3v) is 2.21. The zero-order valence-electron chi connectivity index (χ0n) is 8.34. The highest BCUT2D eigenvalue weighted by Crippen LogP contribution is 2.16. The lowest BCUT2D eigenvalue weighted by molar-refractivity contribution is 0.0699. The monoisotopic (exact) mass is 205 g/mol. The third kappa shape index (κ3) is 1.56. The van der Waals surface area contributed by atoms with Gasteiger partial charge in [-0.25, -0.2) is 9.48 Å². The topological polar surface area (TPSA) is 68.0 Å². The number of aromatic nitrogens is 3. The van der Waals surface area contributed by atoms with Crippen LogP contribution in [0.25, 0.3) is 11.0 Å². The van der Waals surface area contributed by atoms with Crippen LogP contribution in [0.5, 0.6) is 0 Å². The maximum absolute atomic E-state index is 10.9. The van der Waals surface area contributed by atoms with Gasteiger partial charge in [-0.3, -0.25) is 0 Å². The van der Waals surface area contributed by atoms with Gasteiger partial charge in [0.15, 0.2) is 0 Å². The fourth-order valence-electron chi connectivity index (χ4n) is 1.54. The molecule has 0 saturated heterocycles. The van der Waals surface area contributed by atoms with E-state index >= 15 is 0 Å². The van der Waals surface area contributed by atoms with Crippen molar-refractivity contribution in [1.82, 2.24) is 15.0 Å². The number of hydrogen-bond acceptors (Lipinski definition) is 3. The highest BCUT2D eigenvalue weighted by Gasteiger charge is 2.12. The van der Waals surface area contributed by atoms with Crippen LogP contribution in [0.4, 0.5) is 0 Å². The van der Waals surface area contributed by atoms with Crippen molar-refractivity contribution < 1.29 is 9.90 Å². The first-order valence-electron chi connectivity index (χ1n) is 4.79. The Morgan fingerprint density at radius 1 is 1.53 bits per heavy atom. The van der Waals surface area contributed by atoms with Crippen LogP contribution in [0.15, 0.2) is 18.2 Å². The van der Waals surface area contributed by atoms with Gasteiger partial charge in [0, 0.05) is 6.54 Å². The molecule has 0 radical (unpaired) electrons. The summed E-state index contributed by atoms with van der Waals surface area (Å²) in [6.45, 7) is 2.79. The Morgan fingerprint density at radius 2 is 2.33 bits per heavy atom. The number of rotatable bonds is 3. The quantitative estimate of drug-likeness (QED) is 0.825. The Labute approximate surface area is 86.3 Å². The number of carboxylic acids is 1. The third-order valence-electron chi connectivity index (χ3n) is 2.21. The van der Waals surface area contributed by atoms with Crippen molar-refractivity contribution >= 4 is 17.0 Å². The lowest BCUT2D eigenvalue weighted by atomic mass is 10.2. The van der Waals surface area contributed by atoms with Gasteiger partial charge in [0.05, 0.1) is 11.1 Å². The summed E-state index contributed by atoms with van der Waals surface area (Å²) >= 11 is 0. The Balaban J connectivity index is 2.63. The van der Waals surface area contributed by atoms with Crippen LogP contribution < -0.4 is 0 Å². The van der Waals surface area contributed by atoms with E-state index in [0.717, 1.165) is 18.5 Å². The number of carbonyl (C=O) groups is 1. The largest absolute Gasteiger partial charge is 0.478 e. The first-order valence-corrected chi connectivity index (χ1v) is 4.79. The van der Waals surface area contributed by atoms with Crippen molar-refractivity contribution in [3.8, 4) is 0 Å². The Hall–Kier alpha value is -1.91.